The van der Waals surface area contributed by atoms with Crippen LogP contribution < -0.4 is 44.3 Å². The molecular weight excluding hydrogens is 1590 g/mol. The van der Waals surface area contributed by atoms with Gasteiger partial charge in [0.1, 0.15) is 49.9 Å². The van der Waals surface area contributed by atoms with Crippen molar-refractivity contribution in [2.24, 2.45) is 4.99 Å². The average Bonchev–Trinajstić information content (AvgIpc) is 1.67. The number of fused-ring (bicyclic) bond motifs is 3. The van der Waals surface area contributed by atoms with E-state index in [9.17, 15) is 19.2 Å². The number of aromatic amines is 1. The van der Waals surface area contributed by atoms with Gasteiger partial charge in [-0.15, -0.1) is 11.6 Å². The van der Waals surface area contributed by atoms with Crippen molar-refractivity contribution in [3.8, 4) is 0 Å². The summed E-state index contributed by atoms with van der Waals surface area (Å²) < 4.78 is 3.24. The van der Waals surface area contributed by atoms with Gasteiger partial charge in [-0.3, -0.25) is 24.2 Å². The van der Waals surface area contributed by atoms with Gasteiger partial charge in [-0.1, -0.05) is 128 Å². The first kappa shape index (κ1) is 87.2. The number of hydrogen-bond acceptors (Lipinski definition) is 16. The molecule has 0 bridgehead atoms. The van der Waals surface area contributed by atoms with Gasteiger partial charge in [-0.2, -0.15) is 15.3 Å². The summed E-state index contributed by atoms with van der Waals surface area (Å²) >= 11 is 62.7. The zero-order chi connectivity index (χ0) is 74.3. The Balaban J connectivity index is 0.000000238. The molecule has 10 aromatic rings. The Bertz CT molecular complexity index is 4670. The number of amides is 3. The van der Waals surface area contributed by atoms with E-state index in [1.54, 1.807) is 46.0 Å². The Morgan fingerprint density at radius 2 is 1.03 bits per heavy atom. The van der Waals surface area contributed by atoms with Gasteiger partial charge in [0, 0.05) is 141 Å². The fourth-order valence-corrected chi connectivity index (χ4v) is 12.1. The van der Waals surface area contributed by atoms with Crippen molar-refractivity contribution in [3.05, 3.63) is 208 Å². The van der Waals surface area contributed by atoms with Gasteiger partial charge in [0.05, 0.1) is 30.2 Å². The van der Waals surface area contributed by atoms with Crippen molar-refractivity contribution in [1.29, 1.82) is 0 Å². The Labute approximate surface area is 686 Å². The number of aliphatic hydroxyl groups is 1. The molecular formula is C69H69BCl11N17NaO6. The third-order valence-corrected chi connectivity index (χ3v) is 18.9. The van der Waals surface area contributed by atoms with Crippen LogP contribution in [0.5, 0.6) is 0 Å². The normalized spacial score (nSPS) is 13.6. The maximum Gasteiger partial charge on any atom is 1.00 e. The maximum absolute atomic E-state index is 12.7. The zero-order valence-electron chi connectivity index (χ0n) is 58.1. The molecule has 13 rings (SSSR count). The molecule has 10 heterocycles. The second-order valence-electron chi connectivity index (χ2n) is 22.8. The fraction of sp³-hybridized carbons (Fsp3) is 0.275. The topological polar surface area (TPSA) is 256 Å². The van der Waals surface area contributed by atoms with Crippen LogP contribution in [0.3, 0.4) is 0 Å². The number of aromatic carboxylic acids is 1. The van der Waals surface area contributed by atoms with Crippen LogP contribution in [0, 0.1) is 20.8 Å². The largest absolute Gasteiger partial charge is 1.00 e. The van der Waals surface area contributed by atoms with E-state index in [-0.39, 0.29) is 104 Å². The van der Waals surface area contributed by atoms with Crippen molar-refractivity contribution in [2.45, 2.75) is 33.9 Å². The van der Waals surface area contributed by atoms with Crippen molar-refractivity contribution < 1.29 is 60.4 Å². The summed E-state index contributed by atoms with van der Waals surface area (Å²) in [7, 11) is 0. The predicted molar refractivity (Wildman–Crippen MR) is 422 cm³/mol. The molecule has 7 aromatic heterocycles. The molecule has 0 aliphatic carbocycles. The van der Waals surface area contributed by atoms with Gasteiger partial charge in [0.15, 0.2) is 16.9 Å². The van der Waals surface area contributed by atoms with Crippen LogP contribution in [0.4, 0.5) is 17.1 Å². The van der Waals surface area contributed by atoms with Crippen LogP contribution >= 0.6 is 128 Å². The first-order valence-corrected chi connectivity index (χ1v) is 35.9. The number of aliphatic hydroxyl groups excluding tert-OH is 1. The molecule has 3 saturated heterocycles. The number of pyridine rings is 4. The number of aromatic nitrogens is 10. The monoisotopic (exact) mass is 1650 g/mol. The Kier molecular flexibility index (Phi) is 36.0. The molecule has 3 aromatic carbocycles. The number of carbonyl (C=O) groups excluding carboxylic acids is 3. The minimum Gasteiger partial charge on any atom is -1.00 e. The smallest absolute Gasteiger partial charge is 1.00 e. The van der Waals surface area contributed by atoms with Crippen molar-refractivity contribution in [2.75, 3.05) is 106 Å². The molecule has 547 valence electrons. The molecule has 36 heteroatoms. The molecule has 0 unspecified atom stereocenters. The number of carbonyl (C=O) groups is 4. The summed E-state index contributed by atoms with van der Waals surface area (Å²) in [5.74, 6) is -0.933. The van der Waals surface area contributed by atoms with Gasteiger partial charge < -0.3 is 41.0 Å². The number of carboxylic acids is 1. The molecule has 105 heavy (non-hydrogen) atoms. The van der Waals surface area contributed by atoms with Crippen molar-refractivity contribution >= 4 is 216 Å². The van der Waals surface area contributed by atoms with Crippen LogP contribution in [-0.4, -0.2) is 203 Å². The number of H-pyrrole nitrogens is 1. The van der Waals surface area contributed by atoms with Crippen LogP contribution in [0.25, 0.3) is 33.1 Å². The molecule has 3 fully saturated rings. The minimum absolute atomic E-state index is 0. The van der Waals surface area contributed by atoms with E-state index < -0.39 is 5.97 Å². The predicted octanol–water partition coefficient (Wildman–Crippen LogP) is 11.6. The number of aliphatic imine (C=N–C) groups is 1. The zero-order valence-corrected chi connectivity index (χ0v) is 67.4. The SMILES string of the molecule is Cc1cc(N2CCN(C(=O)CCl)CC2)ccc1Cl.Cc1cc(N2CCN(C(=O)Cn3cc4ccc(Cl)nc4n3)CC2)ccc1Cl.Cc1cc(N2CCN(C(=O)Cn3ncc4ccc(Cl)nc43)CC2)ccc1Cl.Clc1ccc2cn[nH]c2n1.O=C(O)c1ccc(Cl)nc1Cl.OC/C=C/C=C(/Cl)N=CCl.[B].[H-].[Na+]. The Hall–Kier alpha value is -6.69. The number of aryl methyl sites for hydroxylation is 3. The van der Waals surface area contributed by atoms with Gasteiger partial charge in [0.2, 0.25) is 17.7 Å². The number of nitrogens with zero attached hydrogens (tertiary/aromatic N) is 16. The molecule has 3 radical (unpaired) electrons. The van der Waals surface area contributed by atoms with Crippen LogP contribution in [0.1, 0.15) is 28.5 Å². The third kappa shape index (κ3) is 26.3. The molecule has 23 nitrogen and oxygen atoms in total. The van der Waals surface area contributed by atoms with E-state index in [0.717, 1.165) is 129 Å². The number of piperazine rings is 3. The van der Waals surface area contributed by atoms with E-state index in [0.29, 0.717) is 52.9 Å². The minimum atomic E-state index is -1.11. The summed E-state index contributed by atoms with van der Waals surface area (Å²) in [5.41, 5.74) is 9.59. The third-order valence-electron chi connectivity index (χ3n) is 15.9. The van der Waals surface area contributed by atoms with Crippen molar-refractivity contribution in [1.82, 2.24) is 64.4 Å². The number of anilines is 3. The quantitative estimate of drug-likeness (QED) is 0.0257. The van der Waals surface area contributed by atoms with Crippen molar-refractivity contribution in [3.63, 3.8) is 0 Å². The number of rotatable bonds is 12. The second kappa shape index (κ2) is 43.3. The first-order chi connectivity index (χ1) is 49.4. The summed E-state index contributed by atoms with van der Waals surface area (Å²) in [6.45, 7) is 15.4. The Morgan fingerprint density at radius 3 is 1.50 bits per heavy atom. The van der Waals surface area contributed by atoms with Crippen LogP contribution in [0.2, 0.25) is 40.8 Å². The second-order valence-corrected chi connectivity index (χ2v) is 26.8. The summed E-state index contributed by atoms with van der Waals surface area (Å²) in [6.07, 6.45) is 9.88. The molecule has 3 aliphatic rings. The number of allylic oxidation sites excluding steroid dienone is 2. The number of alkyl halides is 1. The Morgan fingerprint density at radius 1 is 0.571 bits per heavy atom. The summed E-state index contributed by atoms with van der Waals surface area (Å²) in [5, 5.41) is 38.6. The molecule has 3 N–H and O–H groups in total. The van der Waals surface area contributed by atoms with Gasteiger partial charge in [-0.05, 0) is 147 Å². The van der Waals surface area contributed by atoms with E-state index >= 15 is 0 Å². The number of halogens is 11. The van der Waals surface area contributed by atoms with Gasteiger partial charge in [0.25, 0.3) is 0 Å². The summed E-state index contributed by atoms with van der Waals surface area (Å²) in [4.78, 5) is 79.1. The number of hydrogen-bond donors (Lipinski definition) is 3. The number of carboxylic acid groups (broad SMARTS) is 1. The standard InChI is InChI=1S/2C19H19Cl2N5O.C13H16Cl2N2O.C6H3Cl2NO2.C6H7Cl2NO.C6H4ClN3.B.Na.H/c1-13-10-15(3-4-16(13)20)24-6-8-25(9-7-24)18(27)12-26-11-14-2-5-17(21)22-19(14)23-26;1-13-10-15(3-4-16(13)20)24-6-8-25(9-7-24)18(27)12-26-19-14(11-22-26)2-5-17(21)23-19;1-10-8-11(2-3-12(10)15)16-4-6-17(7-5-16)13(18)9-14;7-4-2-1-3(6(10)11)5(8)9-4;7-5-9-6(8)3-1-2-4-10;7-5-2-1-4-3-8-10-6(4)9-5;;;/h2*2-5,10-11H,6-9,12H2,1H3;2-3,8H,4-7,9H2,1H3;1-2H,(H,10,11);1-3,5,10H,4H2;1-3H,(H,8,9,10);;;/q;;;;;;;+1;-1/b;;;;2-1+,6-3-,9-5?;;;;. The van der Waals surface area contributed by atoms with Gasteiger partial charge in [-0.25, -0.2) is 34.4 Å². The van der Waals surface area contributed by atoms with Gasteiger partial charge >= 0.3 is 35.5 Å². The molecule has 3 aliphatic heterocycles. The van der Waals surface area contributed by atoms with E-state index in [4.69, 9.17) is 138 Å². The molecule has 0 spiro atoms. The summed E-state index contributed by atoms with van der Waals surface area (Å²) in [6, 6.07) is 31.5. The van der Waals surface area contributed by atoms with E-state index in [2.05, 4.69) is 78.2 Å². The van der Waals surface area contributed by atoms with E-state index in [1.165, 1.54) is 24.3 Å². The van der Waals surface area contributed by atoms with E-state index in [1.807, 2.05) is 96.3 Å². The molecule has 3 amide bonds. The molecule has 0 saturated carbocycles. The fourth-order valence-electron chi connectivity index (χ4n) is 10.4. The number of nitrogens with one attached hydrogen (secondary N) is 1. The number of benzene rings is 3. The average molecular weight is 1660 g/mol. The van der Waals surface area contributed by atoms with Crippen LogP contribution in [0.15, 0.2) is 150 Å². The van der Waals surface area contributed by atoms with Crippen LogP contribution in [-0.2, 0) is 27.5 Å². The molecule has 0 atom stereocenters. The maximum atomic E-state index is 12.7. The first-order valence-electron chi connectivity index (χ1n) is 31.6.